The van der Waals surface area contributed by atoms with Gasteiger partial charge in [-0.1, -0.05) is 19.9 Å². The Hall–Kier alpha value is -1.09. The molecular formula is C18H27FN2. The van der Waals surface area contributed by atoms with E-state index in [0.717, 1.165) is 43.3 Å². The predicted octanol–water partition coefficient (Wildman–Crippen LogP) is 3.73. The van der Waals surface area contributed by atoms with Crippen molar-refractivity contribution in [2.24, 2.45) is 17.6 Å². The Balaban J connectivity index is 1.85. The number of hydrogen-bond donors (Lipinski definition) is 1. The van der Waals surface area contributed by atoms with Crippen molar-refractivity contribution in [2.75, 3.05) is 18.0 Å². The van der Waals surface area contributed by atoms with Crippen molar-refractivity contribution in [3.05, 3.63) is 29.6 Å². The Bertz CT molecular complexity index is 504. The molecule has 1 saturated carbocycles. The van der Waals surface area contributed by atoms with Crippen LogP contribution in [0.15, 0.2) is 18.2 Å². The second kappa shape index (κ2) is 5.60. The van der Waals surface area contributed by atoms with Crippen LogP contribution in [0.5, 0.6) is 0 Å². The lowest BCUT2D eigenvalue weighted by Gasteiger charge is -2.48. The molecule has 0 spiro atoms. The van der Waals surface area contributed by atoms with Crippen LogP contribution < -0.4 is 10.6 Å². The molecule has 3 rings (SSSR count). The highest BCUT2D eigenvalue weighted by atomic mass is 19.1. The number of halogens is 1. The maximum absolute atomic E-state index is 13.6. The third-order valence-electron chi connectivity index (χ3n) is 5.80. The van der Waals surface area contributed by atoms with Crippen molar-refractivity contribution in [3.63, 3.8) is 0 Å². The quantitative estimate of drug-likeness (QED) is 0.919. The second-order valence-electron chi connectivity index (χ2n) is 7.18. The van der Waals surface area contributed by atoms with Crippen molar-refractivity contribution in [2.45, 2.75) is 51.5 Å². The van der Waals surface area contributed by atoms with E-state index >= 15 is 0 Å². The molecule has 1 aromatic rings. The van der Waals surface area contributed by atoms with Gasteiger partial charge in [0.1, 0.15) is 5.82 Å². The summed E-state index contributed by atoms with van der Waals surface area (Å²) in [5.74, 6) is 1.44. The van der Waals surface area contributed by atoms with E-state index in [1.807, 2.05) is 6.07 Å². The summed E-state index contributed by atoms with van der Waals surface area (Å²) < 4.78 is 13.6. The number of hydrogen-bond acceptors (Lipinski definition) is 2. The molecule has 116 valence electrons. The first-order valence-electron chi connectivity index (χ1n) is 8.32. The molecule has 0 aromatic heterocycles. The first-order chi connectivity index (χ1) is 10.1. The normalized spacial score (nSPS) is 29.0. The molecule has 2 N–H and O–H groups in total. The van der Waals surface area contributed by atoms with Crippen LogP contribution in [0.25, 0.3) is 0 Å². The largest absolute Gasteiger partial charge is 0.364 e. The number of fused-ring (bicyclic) bond motifs is 1. The van der Waals surface area contributed by atoms with E-state index in [2.05, 4.69) is 18.7 Å². The summed E-state index contributed by atoms with van der Waals surface area (Å²) in [6.45, 7) is 6.30. The maximum atomic E-state index is 13.6. The van der Waals surface area contributed by atoms with Gasteiger partial charge in [-0.2, -0.15) is 0 Å². The lowest BCUT2D eigenvalue weighted by Crippen LogP contribution is -2.55. The predicted molar refractivity (Wildman–Crippen MR) is 86.0 cm³/mol. The summed E-state index contributed by atoms with van der Waals surface area (Å²) in [5, 5.41) is 0. The molecule has 0 amide bonds. The highest BCUT2D eigenvalue weighted by Crippen LogP contribution is 2.43. The van der Waals surface area contributed by atoms with Gasteiger partial charge in [-0.05, 0) is 61.6 Å². The summed E-state index contributed by atoms with van der Waals surface area (Å²) in [7, 11) is 0. The van der Waals surface area contributed by atoms with Crippen LogP contribution in [0.4, 0.5) is 10.1 Å². The molecule has 1 fully saturated rings. The van der Waals surface area contributed by atoms with Gasteiger partial charge in [-0.15, -0.1) is 0 Å². The number of benzene rings is 1. The van der Waals surface area contributed by atoms with Gasteiger partial charge in [0.05, 0.1) is 5.54 Å². The molecule has 0 radical (unpaired) electrons. The lowest BCUT2D eigenvalue weighted by molar-refractivity contribution is 0.191. The van der Waals surface area contributed by atoms with Crippen molar-refractivity contribution in [1.82, 2.24) is 0 Å². The molecule has 0 saturated heterocycles. The fourth-order valence-corrected chi connectivity index (χ4v) is 4.27. The van der Waals surface area contributed by atoms with Crippen molar-refractivity contribution in [3.8, 4) is 0 Å². The van der Waals surface area contributed by atoms with E-state index in [-0.39, 0.29) is 11.4 Å². The Labute approximate surface area is 127 Å². The van der Waals surface area contributed by atoms with Crippen LogP contribution in [0.3, 0.4) is 0 Å². The van der Waals surface area contributed by atoms with E-state index in [1.54, 1.807) is 12.1 Å². The monoisotopic (exact) mass is 290 g/mol. The first-order valence-corrected chi connectivity index (χ1v) is 8.32. The Morgan fingerprint density at radius 2 is 2.05 bits per heavy atom. The van der Waals surface area contributed by atoms with E-state index < -0.39 is 0 Å². The molecule has 0 unspecified atom stereocenters. The van der Waals surface area contributed by atoms with Crippen LogP contribution in [0, 0.1) is 17.7 Å². The average Bonchev–Trinajstić information content (AvgIpc) is 2.90. The van der Waals surface area contributed by atoms with E-state index in [9.17, 15) is 4.39 Å². The van der Waals surface area contributed by atoms with E-state index in [4.69, 9.17) is 5.73 Å². The zero-order valence-electron chi connectivity index (χ0n) is 13.2. The van der Waals surface area contributed by atoms with Crippen LogP contribution in [-0.4, -0.2) is 18.6 Å². The number of nitrogens with zero attached hydrogens (tertiary/aromatic N) is 1. The van der Waals surface area contributed by atoms with Gasteiger partial charge in [-0.3, -0.25) is 0 Å². The maximum Gasteiger partial charge on any atom is 0.125 e. The smallest absolute Gasteiger partial charge is 0.125 e. The highest BCUT2D eigenvalue weighted by molar-refractivity contribution is 5.60. The summed E-state index contributed by atoms with van der Waals surface area (Å²) in [5.41, 5.74) is 8.61. The number of anilines is 1. The van der Waals surface area contributed by atoms with Gasteiger partial charge in [0.2, 0.25) is 0 Å². The van der Waals surface area contributed by atoms with Gasteiger partial charge >= 0.3 is 0 Å². The molecule has 1 aliphatic carbocycles. The van der Waals surface area contributed by atoms with Crippen LogP contribution in [0.1, 0.15) is 45.1 Å². The van der Waals surface area contributed by atoms with Crippen molar-refractivity contribution in [1.29, 1.82) is 0 Å². The minimum Gasteiger partial charge on any atom is -0.364 e. The standard InChI is InChI=1S/C18H27FN2/c1-13(2)14-5-8-18(12-20,9-6-14)21-10-7-15-3-4-16(19)11-17(15)21/h3-4,11,13-14H,5-10,12,20H2,1-2H3. The minimum absolute atomic E-state index is 0.0461. The number of nitrogens with two attached hydrogens (primary N) is 1. The SMILES string of the molecule is CC(C)C1CCC(CN)(N2CCc3ccc(F)cc32)CC1. The summed E-state index contributed by atoms with van der Waals surface area (Å²) >= 11 is 0. The summed E-state index contributed by atoms with van der Waals surface area (Å²) in [6, 6.07) is 5.22. The van der Waals surface area contributed by atoms with Gasteiger partial charge in [-0.25, -0.2) is 4.39 Å². The van der Waals surface area contributed by atoms with Gasteiger partial charge in [0, 0.05) is 18.8 Å². The Morgan fingerprint density at radius 1 is 1.33 bits per heavy atom. The highest BCUT2D eigenvalue weighted by Gasteiger charge is 2.42. The molecular weight excluding hydrogens is 263 g/mol. The fourth-order valence-electron chi connectivity index (χ4n) is 4.27. The van der Waals surface area contributed by atoms with Crippen molar-refractivity contribution < 1.29 is 4.39 Å². The Kier molecular flexibility index (Phi) is 3.96. The summed E-state index contributed by atoms with van der Waals surface area (Å²) in [6.07, 6.45) is 5.79. The first kappa shape index (κ1) is 14.8. The lowest BCUT2D eigenvalue weighted by atomic mass is 9.72. The third kappa shape index (κ3) is 2.57. The van der Waals surface area contributed by atoms with Gasteiger partial charge in [0.15, 0.2) is 0 Å². The molecule has 1 aromatic carbocycles. The van der Waals surface area contributed by atoms with Crippen LogP contribution in [-0.2, 0) is 6.42 Å². The average molecular weight is 290 g/mol. The zero-order chi connectivity index (χ0) is 15.0. The van der Waals surface area contributed by atoms with Crippen LogP contribution in [0.2, 0.25) is 0 Å². The van der Waals surface area contributed by atoms with Gasteiger partial charge < -0.3 is 10.6 Å². The van der Waals surface area contributed by atoms with Gasteiger partial charge in [0.25, 0.3) is 0 Å². The van der Waals surface area contributed by atoms with E-state index in [0.29, 0.717) is 6.54 Å². The molecule has 1 heterocycles. The molecule has 2 aliphatic rings. The second-order valence-corrected chi connectivity index (χ2v) is 7.18. The molecule has 21 heavy (non-hydrogen) atoms. The van der Waals surface area contributed by atoms with Crippen LogP contribution >= 0.6 is 0 Å². The fraction of sp³-hybridized carbons (Fsp3) is 0.667. The van der Waals surface area contributed by atoms with Crippen molar-refractivity contribution >= 4 is 5.69 Å². The Morgan fingerprint density at radius 3 is 2.67 bits per heavy atom. The number of rotatable bonds is 3. The molecule has 3 heteroatoms. The molecule has 0 atom stereocenters. The van der Waals surface area contributed by atoms with E-state index in [1.165, 1.54) is 18.4 Å². The molecule has 0 bridgehead atoms. The summed E-state index contributed by atoms with van der Waals surface area (Å²) in [4.78, 5) is 2.42. The zero-order valence-corrected chi connectivity index (χ0v) is 13.2. The third-order valence-corrected chi connectivity index (χ3v) is 5.80. The topological polar surface area (TPSA) is 29.3 Å². The molecule has 2 nitrogen and oxygen atoms in total. The minimum atomic E-state index is -0.135. The molecule has 1 aliphatic heterocycles.